The SMILES string of the molecule is NCc1ccc(OC2CCC3CC2CN3C2CC2)cc1. The van der Waals surface area contributed by atoms with Gasteiger partial charge in [0.15, 0.2) is 0 Å². The standard InChI is InChI=1S/C17H24N2O/c18-10-12-1-6-16(7-2-12)20-17-8-5-15-9-13(17)11-19(15)14-3-4-14/h1-2,6-7,13-15,17H,3-5,8-11,18H2. The zero-order chi connectivity index (χ0) is 13.5. The van der Waals surface area contributed by atoms with Gasteiger partial charge < -0.3 is 10.5 Å². The Morgan fingerprint density at radius 2 is 1.80 bits per heavy atom. The Hall–Kier alpha value is -1.06. The zero-order valence-corrected chi connectivity index (χ0v) is 12.0. The second-order valence-electron chi connectivity index (χ2n) is 6.66. The highest BCUT2D eigenvalue weighted by atomic mass is 16.5. The Morgan fingerprint density at radius 3 is 2.50 bits per heavy atom. The molecule has 0 aromatic heterocycles. The molecule has 108 valence electrons. The van der Waals surface area contributed by atoms with Crippen molar-refractivity contribution in [1.29, 1.82) is 0 Å². The first-order valence-corrected chi connectivity index (χ1v) is 8.05. The molecule has 3 nitrogen and oxygen atoms in total. The summed E-state index contributed by atoms with van der Waals surface area (Å²) in [5.74, 6) is 1.75. The maximum atomic E-state index is 6.27. The van der Waals surface area contributed by atoms with E-state index in [0.29, 0.717) is 12.6 Å². The molecule has 20 heavy (non-hydrogen) atoms. The minimum atomic E-state index is 0.415. The highest BCUT2D eigenvalue weighted by molar-refractivity contribution is 5.27. The number of nitrogens with two attached hydrogens (primary N) is 1. The monoisotopic (exact) mass is 272 g/mol. The van der Waals surface area contributed by atoms with Crippen LogP contribution in [-0.2, 0) is 6.54 Å². The van der Waals surface area contributed by atoms with Crippen LogP contribution in [0.15, 0.2) is 24.3 Å². The van der Waals surface area contributed by atoms with Gasteiger partial charge in [0.2, 0.25) is 0 Å². The molecule has 4 rings (SSSR count). The lowest BCUT2D eigenvalue weighted by molar-refractivity contribution is 0.113. The highest BCUT2D eigenvalue weighted by Gasteiger charge is 2.46. The normalized spacial score (nSPS) is 33.4. The van der Waals surface area contributed by atoms with E-state index < -0.39 is 0 Å². The van der Waals surface area contributed by atoms with Crippen LogP contribution in [0, 0.1) is 5.92 Å². The maximum Gasteiger partial charge on any atom is 0.119 e. The van der Waals surface area contributed by atoms with Crippen molar-refractivity contribution in [3.05, 3.63) is 29.8 Å². The van der Waals surface area contributed by atoms with Crippen LogP contribution in [0.3, 0.4) is 0 Å². The average Bonchev–Trinajstić information content (AvgIpc) is 3.27. The summed E-state index contributed by atoms with van der Waals surface area (Å²) < 4.78 is 6.27. The molecule has 0 amide bonds. The van der Waals surface area contributed by atoms with Crippen molar-refractivity contribution in [2.45, 2.75) is 56.8 Å². The maximum absolute atomic E-state index is 6.27. The van der Waals surface area contributed by atoms with E-state index in [9.17, 15) is 0 Å². The molecular weight excluding hydrogens is 248 g/mol. The Labute approximate surface area is 121 Å². The van der Waals surface area contributed by atoms with Crippen molar-refractivity contribution < 1.29 is 4.74 Å². The lowest BCUT2D eigenvalue weighted by Crippen LogP contribution is -2.32. The minimum Gasteiger partial charge on any atom is -0.490 e. The molecule has 2 N–H and O–H groups in total. The van der Waals surface area contributed by atoms with E-state index in [-0.39, 0.29) is 0 Å². The Bertz CT molecular complexity index is 468. The van der Waals surface area contributed by atoms with Crippen molar-refractivity contribution in [1.82, 2.24) is 4.90 Å². The van der Waals surface area contributed by atoms with Gasteiger partial charge in [-0.25, -0.2) is 0 Å². The summed E-state index contributed by atoms with van der Waals surface area (Å²) >= 11 is 0. The van der Waals surface area contributed by atoms with Gasteiger partial charge in [-0.2, -0.15) is 0 Å². The number of ether oxygens (including phenoxy) is 1. The van der Waals surface area contributed by atoms with Crippen LogP contribution in [0.4, 0.5) is 0 Å². The zero-order valence-electron chi connectivity index (χ0n) is 12.0. The van der Waals surface area contributed by atoms with Gasteiger partial charge in [-0.05, 0) is 49.8 Å². The molecule has 1 saturated heterocycles. The third-order valence-electron chi connectivity index (χ3n) is 5.26. The summed E-state index contributed by atoms with van der Waals surface area (Å²) in [6.07, 6.45) is 7.15. The Balaban J connectivity index is 1.41. The summed E-state index contributed by atoms with van der Waals surface area (Å²) in [6, 6.07) is 10.1. The van der Waals surface area contributed by atoms with E-state index in [4.69, 9.17) is 10.5 Å². The van der Waals surface area contributed by atoms with Crippen molar-refractivity contribution in [2.75, 3.05) is 6.54 Å². The predicted molar refractivity (Wildman–Crippen MR) is 79.6 cm³/mol. The number of likely N-dealkylation sites (tertiary alicyclic amines) is 1. The molecule has 2 aliphatic carbocycles. The molecule has 3 aliphatic rings. The fourth-order valence-electron chi connectivity index (χ4n) is 4.01. The Morgan fingerprint density at radius 1 is 1.05 bits per heavy atom. The topological polar surface area (TPSA) is 38.5 Å². The average molecular weight is 272 g/mol. The highest BCUT2D eigenvalue weighted by Crippen LogP contribution is 2.43. The molecule has 0 radical (unpaired) electrons. The lowest BCUT2D eigenvalue weighted by Gasteiger charge is -2.29. The van der Waals surface area contributed by atoms with Crippen molar-refractivity contribution in [2.24, 2.45) is 11.7 Å². The first kappa shape index (κ1) is 12.7. The molecule has 2 saturated carbocycles. The molecule has 3 fully saturated rings. The van der Waals surface area contributed by atoms with Crippen LogP contribution in [0.1, 0.15) is 37.7 Å². The van der Waals surface area contributed by atoms with Gasteiger partial charge in [0.05, 0.1) is 0 Å². The summed E-state index contributed by atoms with van der Waals surface area (Å²) in [5, 5.41) is 0. The number of fused-ring (bicyclic) bond motifs is 2. The molecule has 0 spiro atoms. The molecule has 1 aromatic rings. The summed E-state index contributed by atoms with van der Waals surface area (Å²) in [5.41, 5.74) is 6.80. The minimum absolute atomic E-state index is 0.415. The van der Waals surface area contributed by atoms with Crippen molar-refractivity contribution in [3.8, 4) is 5.75 Å². The summed E-state index contributed by atoms with van der Waals surface area (Å²) in [4.78, 5) is 2.77. The van der Waals surface area contributed by atoms with Gasteiger partial charge in [-0.3, -0.25) is 4.90 Å². The van der Waals surface area contributed by atoms with Crippen molar-refractivity contribution >= 4 is 0 Å². The van der Waals surface area contributed by atoms with E-state index in [1.807, 2.05) is 0 Å². The van der Waals surface area contributed by atoms with E-state index in [2.05, 4.69) is 29.2 Å². The summed E-state index contributed by atoms with van der Waals surface area (Å²) in [7, 11) is 0. The first-order valence-electron chi connectivity index (χ1n) is 8.05. The predicted octanol–water partition coefficient (Wildman–Crippen LogP) is 2.54. The fourth-order valence-corrected chi connectivity index (χ4v) is 4.01. The quantitative estimate of drug-likeness (QED) is 0.915. The van der Waals surface area contributed by atoms with Crippen LogP contribution in [0.5, 0.6) is 5.75 Å². The molecule has 1 aromatic carbocycles. The van der Waals surface area contributed by atoms with Crippen LogP contribution < -0.4 is 10.5 Å². The molecule has 1 aliphatic heterocycles. The van der Waals surface area contributed by atoms with E-state index in [1.165, 1.54) is 44.2 Å². The number of benzene rings is 1. The molecule has 2 bridgehead atoms. The van der Waals surface area contributed by atoms with Crippen molar-refractivity contribution in [3.63, 3.8) is 0 Å². The molecule has 3 heteroatoms. The largest absolute Gasteiger partial charge is 0.490 e. The third kappa shape index (κ3) is 2.33. The van der Waals surface area contributed by atoms with E-state index in [0.717, 1.165) is 23.8 Å². The van der Waals surface area contributed by atoms with Gasteiger partial charge in [0, 0.05) is 31.1 Å². The smallest absolute Gasteiger partial charge is 0.119 e. The van der Waals surface area contributed by atoms with Gasteiger partial charge in [0.1, 0.15) is 11.9 Å². The second kappa shape index (κ2) is 5.05. The number of nitrogens with zero attached hydrogens (tertiary/aromatic N) is 1. The summed E-state index contributed by atoms with van der Waals surface area (Å²) in [6.45, 7) is 1.87. The fraction of sp³-hybridized carbons (Fsp3) is 0.647. The molecule has 3 unspecified atom stereocenters. The van der Waals surface area contributed by atoms with Gasteiger partial charge in [-0.15, -0.1) is 0 Å². The first-order chi connectivity index (χ1) is 9.83. The lowest BCUT2D eigenvalue weighted by atomic mass is 9.87. The van der Waals surface area contributed by atoms with Crippen LogP contribution in [0.2, 0.25) is 0 Å². The number of hydrogen-bond donors (Lipinski definition) is 1. The Kier molecular flexibility index (Phi) is 3.20. The second-order valence-corrected chi connectivity index (χ2v) is 6.66. The molecule has 1 heterocycles. The number of hydrogen-bond acceptors (Lipinski definition) is 3. The molecule has 3 atom stereocenters. The molecular formula is C17H24N2O. The van der Waals surface area contributed by atoms with Crippen LogP contribution in [-0.4, -0.2) is 29.6 Å². The van der Waals surface area contributed by atoms with Gasteiger partial charge in [-0.1, -0.05) is 12.1 Å². The third-order valence-corrected chi connectivity index (χ3v) is 5.26. The van der Waals surface area contributed by atoms with Crippen LogP contribution in [0.25, 0.3) is 0 Å². The van der Waals surface area contributed by atoms with Crippen LogP contribution >= 0.6 is 0 Å². The van der Waals surface area contributed by atoms with E-state index >= 15 is 0 Å². The van der Waals surface area contributed by atoms with E-state index in [1.54, 1.807) is 0 Å². The number of rotatable bonds is 4. The van der Waals surface area contributed by atoms with Gasteiger partial charge >= 0.3 is 0 Å². The van der Waals surface area contributed by atoms with Gasteiger partial charge in [0.25, 0.3) is 0 Å².